The summed E-state index contributed by atoms with van der Waals surface area (Å²) in [6.45, 7) is 2.03. The number of amides is 1. The lowest BCUT2D eigenvalue weighted by molar-refractivity contribution is -0.121. The molecule has 0 atom stereocenters. The molecule has 0 fully saturated rings. The minimum Gasteiger partial charge on any atom is -0.439 e. The number of aryl methyl sites for hydroxylation is 2. The lowest BCUT2D eigenvalue weighted by Crippen LogP contribution is -2.25. The van der Waals surface area contributed by atoms with Crippen molar-refractivity contribution in [1.29, 1.82) is 0 Å². The van der Waals surface area contributed by atoms with Crippen LogP contribution in [0.1, 0.15) is 23.1 Å². The highest BCUT2D eigenvalue weighted by Crippen LogP contribution is 2.19. The van der Waals surface area contributed by atoms with Crippen LogP contribution in [-0.2, 0) is 24.8 Å². The molecule has 0 saturated heterocycles. The molecule has 3 aromatic heterocycles. The van der Waals surface area contributed by atoms with Crippen LogP contribution in [0.2, 0.25) is 0 Å². The van der Waals surface area contributed by atoms with Crippen molar-refractivity contribution in [3.05, 3.63) is 86.1 Å². The van der Waals surface area contributed by atoms with E-state index in [9.17, 15) is 14.4 Å². The summed E-state index contributed by atoms with van der Waals surface area (Å²) in [4.78, 5) is 43.9. The topological polar surface area (TPSA) is 122 Å². The number of rotatable bonds is 7. The van der Waals surface area contributed by atoms with Crippen LogP contribution in [0.4, 0.5) is 0 Å². The number of carbonyl (C=O) groups excluding carboxylic acids is 1. The SMILES string of the molecule is Cc1c(CCC(=O)NCc2ccnc(Oc3ccccc3)c2)c(=O)[nH]c2c1c(=O)[nH]n2C. The number of H-pyrrole nitrogens is 2. The maximum Gasteiger partial charge on any atom is 0.273 e. The molecule has 1 aromatic carbocycles. The summed E-state index contributed by atoms with van der Waals surface area (Å²) >= 11 is 0. The fourth-order valence-electron chi connectivity index (χ4n) is 3.59. The van der Waals surface area contributed by atoms with E-state index in [1.165, 1.54) is 4.68 Å². The molecule has 9 nitrogen and oxygen atoms in total. The number of carbonyl (C=O) groups is 1. The first-order chi connectivity index (χ1) is 15.4. The number of benzene rings is 1. The second-order valence-electron chi connectivity index (χ2n) is 7.48. The first-order valence-electron chi connectivity index (χ1n) is 10.2. The number of aromatic nitrogens is 4. The molecule has 4 aromatic rings. The van der Waals surface area contributed by atoms with E-state index in [4.69, 9.17) is 4.74 Å². The Morgan fingerprint density at radius 2 is 1.94 bits per heavy atom. The van der Waals surface area contributed by atoms with Gasteiger partial charge in [-0.1, -0.05) is 18.2 Å². The normalized spacial score (nSPS) is 10.9. The first kappa shape index (κ1) is 21.1. The van der Waals surface area contributed by atoms with Gasteiger partial charge >= 0.3 is 0 Å². The van der Waals surface area contributed by atoms with Crippen LogP contribution in [0.3, 0.4) is 0 Å². The van der Waals surface area contributed by atoms with Crippen molar-refractivity contribution >= 4 is 16.9 Å². The number of ether oxygens (including phenoxy) is 1. The highest BCUT2D eigenvalue weighted by atomic mass is 16.5. The molecule has 0 aliphatic rings. The van der Waals surface area contributed by atoms with Crippen molar-refractivity contribution in [2.45, 2.75) is 26.3 Å². The summed E-state index contributed by atoms with van der Waals surface area (Å²) in [5.74, 6) is 0.913. The van der Waals surface area contributed by atoms with Crippen molar-refractivity contribution in [2.75, 3.05) is 0 Å². The Kier molecular flexibility index (Phi) is 5.89. The summed E-state index contributed by atoms with van der Waals surface area (Å²) < 4.78 is 7.19. The van der Waals surface area contributed by atoms with Crippen LogP contribution < -0.4 is 21.2 Å². The van der Waals surface area contributed by atoms with Crippen molar-refractivity contribution in [2.24, 2.45) is 7.05 Å². The Labute approximate surface area is 183 Å². The number of hydrogen-bond donors (Lipinski definition) is 3. The summed E-state index contributed by atoms with van der Waals surface area (Å²) in [7, 11) is 1.65. The molecule has 164 valence electrons. The predicted octanol–water partition coefficient (Wildman–Crippen LogP) is 2.30. The fraction of sp³-hybridized carbons (Fsp3) is 0.217. The van der Waals surface area contributed by atoms with Crippen LogP contribution in [-0.4, -0.2) is 25.7 Å². The van der Waals surface area contributed by atoms with E-state index in [0.717, 1.165) is 5.56 Å². The fourth-order valence-corrected chi connectivity index (χ4v) is 3.59. The maximum absolute atomic E-state index is 12.5. The molecule has 0 aliphatic carbocycles. The van der Waals surface area contributed by atoms with E-state index in [1.54, 1.807) is 32.3 Å². The molecule has 9 heteroatoms. The molecule has 0 bridgehead atoms. The van der Waals surface area contributed by atoms with Gasteiger partial charge in [-0.25, -0.2) is 4.98 Å². The van der Waals surface area contributed by atoms with E-state index >= 15 is 0 Å². The Hall–Kier alpha value is -4.14. The van der Waals surface area contributed by atoms with Gasteiger partial charge in [0, 0.05) is 37.8 Å². The smallest absolute Gasteiger partial charge is 0.273 e. The van der Waals surface area contributed by atoms with Crippen molar-refractivity contribution in [3.63, 3.8) is 0 Å². The number of nitrogens with one attached hydrogen (secondary N) is 3. The summed E-state index contributed by atoms with van der Waals surface area (Å²) in [6, 6.07) is 12.9. The molecule has 0 saturated carbocycles. The quantitative estimate of drug-likeness (QED) is 0.413. The zero-order valence-electron chi connectivity index (χ0n) is 17.8. The van der Waals surface area contributed by atoms with Gasteiger partial charge in [-0.2, -0.15) is 0 Å². The summed E-state index contributed by atoms with van der Waals surface area (Å²) in [5, 5.41) is 5.91. The third-order valence-electron chi connectivity index (χ3n) is 5.26. The summed E-state index contributed by atoms with van der Waals surface area (Å²) in [6.07, 6.45) is 1.98. The number of hydrogen-bond acceptors (Lipinski definition) is 5. The molecule has 4 rings (SSSR count). The Morgan fingerprint density at radius 3 is 2.72 bits per heavy atom. The molecule has 0 aliphatic heterocycles. The van der Waals surface area contributed by atoms with Crippen LogP contribution >= 0.6 is 0 Å². The van der Waals surface area contributed by atoms with Gasteiger partial charge in [0.15, 0.2) is 0 Å². The third-order valence-corrected chi connectivity index (χ3v) is 5.26. The minimum atomic E-state index is -0.297. The van der Waals surface area contributed by atoms with Gasteiger partial charge in [-0.05, 0) is 42.7 Å². The Morgan fingerprint density at radius 1 is 1.16 bits per heavy atom. The van der Waals surface area contributed by atoms with Crippen molar-refractivity contribution < 1.29 is 9.53 Å². The van der Waals surface area contributed by atoms with Crippen LogP contribution in [0, 0.1) is 6.92 Å². The monoisotopic (exact) mass is 433 g/mol. The highest BCUT2D eigenvalue weighted by Gasteiger charge is 2.15. The van der Waals surface area contributed by atoms with Gasteiger partial charge in [-0.3, -0.25) is 24.2 Å². The van der Waals surface area contributed by atoms with Crippen LogP contribution in [0.25, 0.3) is 11.0 Å². The lowest BCUT2D eigenvalue weighted by atomic mass is 10.0. The number of aromatic amines is 2. The Balaban J connectivity index is 1.38. The van der Waals surface area contributed by atoms with Crippen molar-refractivity contribution in [3.8, 4) is 11.6 Å². The Bertz CT molecular complexity index is 1390. The van der Waals surface area contributed by atoms with E-state index < -0.39 is 0 Å². The molecule has 0 unspecified atom stereocenters. The average molecular weight is 433 g/mol. The van der Waals surface area contributed by atoms with E-state index in [0.29, 0.717) is 40.3 Å². The maximum atomic E-state index is 12.5. The largest absolute Gasteiger partial charge is 0.439 e. The molecule has 3 N–H and O–H groups in total. The van der Waals surface area contributed by atoms with Gasteiger partial charge < -0.3 is 15.0 Å². The average Bonchev–Trinajstić information content (AvgIpc) is 3.06. The second kappa shape index (κ2) is 8.93. The minimum absolute atomic E-state index is 0.124. The van der Waals surface area contributed by atoms with Crippen LogP contribution in [0.15, 0.2) is 58.3 Å². The number of nitrogens with zero attached hydrogens (tertiary/aromatic N) is 2. The highest BCUT2D eigenvalue weighted by molar-refractivity contribution is 5.80. The molecular formula is C23H23N5O4. The predicted molar refractivity (Wildman–Crippen MR) is 120 cm³/mol. The van der Waals surface area contributed by atoms with Gasteiger partial charge in [0.05, 0.1) is 5.39 Å². The molecule has 0 spiro atoms. The van der Waals surface area contributed by atoms with Crippen molar-refractivity contribution in [1.82, 2.24) is 25.1 Å². The molecular weight excluding hydrogens is 410 g/mol. The van der Waals surface area contributed by atoms with Gasteiger partial charge in [0.2, 0.25) is 11.8 Å². The van der Waals surface area contributed by atoms with Gasteiger partial charge in [0.25, 0.3) is 11.1 Å². The van der Waals surface area contributed by atoms with E-state index in [2.05, 4.69) is 20.4 Å². The number of para-hydroxylation sites is 1. The molecule has 0 radical (unpaired) electrons. The molecule has 3 heterocycles. The standard InChI is InChI=1S/C23H23N5O4/c1-14-17(22(30)26-21-20(14)23(31)27-28(21)2)8-9-18(29)25-13-15-10-11-24-19(12-15)32-16-6-4-3-5-7-16/h3-7,10-12H,8-9,13H2,1-2H3,(H,25,29)(H,26,30)(H,27,31). The first-order valence-corrected chi connectivity index (χ1v) is 10.2. The van der Waals surface area contributed by atoms with E-state index in [1.807, 2.05) is 30.3 Å². The number of fused-ring (bicyclic) bond motifs is 1. The lowest BCUT2D eigenvalue weighted by Gasteiger charge is -2.09. The molecule has 32 heavy (non-hydrogen) atoms. The van der Waals surface area contributed by atoms with E-state index in [-0.39, 0.29) is 29.9 Å². The van der Waals surface area contributed by atoms with Gasteiger partial charge in [-0.15, -0.1) is 0 Å². The number of pyridine rings is 2. The zero-order valence-corrected chi connectivity index (χ0v) is 17.8. The molecule has 1 amide bonds. The second-order valence-corrected chi connectivity index (χ2v) is 7.48. The van der Waals surface area contributed by atoms with Gasteiger partial charge in [0.1, 0.15) is 11.4 Å². The zero-order chi connectivity index (χ0) is 22.7. The van der Waals surface area contributed by atoms with Crippen LogP contribution in [0.5, 0.6) is 11.6 Å². The summed E-state index contributed by atoms with van der Waals surface area (Å²) in [5.41, 5.74) is 1.74. The third kappa shape index (κ3) is 4.46.